The molecule has 2 rings (SSSR count). The van der Waals surface area contributed by atoms with Crippen molar-refractivity contribution in [3.63, 3.8) is 0 Å². The molecule has 0 aromatic carbocycles. The lowest BCUT2D eigenvalue weighted by atomic mass is 9.70. The van der Waals surface area contributed by atoms with E-state index >= 15 is 0 Å². The summed E-state index contributed by atoms with van der Waals surface area (Å²) in [5.41, 5.74) is -0.557. The number of methoxy groups -OCH3 is 1. The molecule has 0 aromatic rings. The maximum Gasteiger partial charge on any atom is 0.0648 e. The van der Waals surface area contributed by atoms with Gasteiger partial charge in [-0.2, -0.15) is 0 Å². The minimum Gasteiger partial charge on any atom is -0.390 e. The smallest absolute Gasteiger partial charge is 0.0648 e. The van der Waals surface area contributed by atoms with E-state index < -0.39 is 5.60 Å². The SMILES string of the molecule is COCC12CCC(CC1C(C)(C)O)N2. The molecule has 0 spiro atoms. The van der Waals surface area contributed by atoms with Crippen molar-refractivity contribution in [1.82, 2.24) is 5.32 Å². The molecule has 3 atom stereocenters. The summed E-state index contributed by atoms with van der Waals surface area (Å²) >= 11 is 0. The van der Waals surface area contributed by atoms with Gasteiger partial charge in [-0.3, -0.25) is 0 Å². The van der Waals surface area contributed by atoms with E-state index in [1.165, 1.54) is 6.42 Å². The lowest BCUT2D eigenvalue weighted by Gasteiger charge is -2.40. The van der Waals surface area contributed by atoms with Crippen LogP contribution in [0.2, 0.25) is 0 Å². The number of aliphatic hydroxyl groups is 1. The molecule has 2 heterocycles. The highest BCUT2D eigenvalue weighted by Crippen LogP contribution is 2.47. The minimum atomic E-state index is -0.597. The average molecular weight is 199 g/mol. The monoisotopic (exact) mass is 199 g/mol. The molecular weight excluding hydrogens is 178 g/mol. The zero-order valence-electron chi connectivity index (χ0n) is 9.34. The first kappa shape index (κ1) is 10.4. The first-order valence-electron chi connectivity index (χ1n) is 5.47. The van der Waals surface area contributed by atoms with Crippen LogP contribution < -0.4 is 5.32 Å². The third-order valence-electron chi connectivity index (χ3n) is 3.87. The molecule has 2 N–H and O–H groups in total. The van der Waals surface area contributed by atoms with Gasteiger partial charge in [0, 0.05) is 24.6 Å². The van der Waals surface area contributed by atoms with E-state index in [1.54, 1.807) is 7.11 Å². The van der Waals surface area contributed by atoms with E-state index in [0.29, 0.717) is 12.0 Å². The summed E-state index contributed by atoms with van der Waals surface area (Å²) in [6.07, 6.45) is 3.46. The van der Waals surface area contributed by atoms with Crippen molar-refractivity contribution in [3.05, 3.63) is 0 Å². The Morgan fingerprint density at radius 3 is 2.79 bits per heavy atom. The average Bonchev–Trinajstić information content (AvgIpc) is 2.59. The van der Waals surface area contributed by atoms with Crippen LogP contribution in [0, 0.1) is 5.92 Å². The fourth-order valence-electron chi connectivity index (χ4n) is 3.38. The zero-order chi connectivity index (χ0) is 10.4. The Kier molecular flexibility index (Phi) is 2.37. The van der Waals surface area contributed by atoms with Gasteiger partial charge in [-0.25, -0.2) is 0 Å². The van der Waals surface area contributed by atoms with E-state index in [1.807, 2.05) is 13.8 Å². The molecule has 82 valence electrons. The highest BCUT2D eigenvalue weighted by Gasteiger charge is 2.56. The normalized spacial score (nSPS) is 42.0. The molecule has 3 nitrogen and oxygen atoms in total. The lowest BCUT2D eigenvalue weighted by molar-refractivity contribution is -0.0379. The van der Waals surface area contributed by atoms with Crippen LogP contribution in [0.25, 0.3) is 0 Å². The highest BCUT2D eigenvalue weighted by atomic mass is 16.5. The molecule has 2 aliphatic rings. The second-order valence-corrected chi connectivity index (χ2v) is 5.41. The summed E-state index contributed by atoms with van der Waals surface area (Å²) in [5, 5.41) is 13.7. The van der Waals surface area contributed by atoms with Crippen LogP contribution in [-0.2, 0) is 4.74 Å². The predicted octanol–water partition coefficient (Wildman–Crippen LogP) is 0.914. The molecule has 0 amide bonds. The highest BCUT2D eigenvalue weighted by molar-refractivity contribution is 5.13. The molecule has 2 aliphatic heterocycles. The van der Waals surface area contributed by atoms with Crippen LogP contribution in [0.4, 0.5) is 0 Å². The lowest BCUT2D eigenvalue weighted by Crippen LogP contribution is -2.53. The van der Waals surface area contributed by atoms with Gasteiger partial charge in [0.15, 0.2) is 0 Å². The number of rotatable bonds is 3. The van der Waals surface area contributed by atoms with Crippen LogP contribution in [0.3, 0.4) is 0 Å². The Bertz CT molecular complexity index is 224. The van der Waals surface area contributed by atoms with Crippen molar-refractivity contribution < 1.29 is 9.84 Å². The van der Waals surface area contributed by atoms with Crippen molar-refractivity contribution in [2.45, 2.75) is 50.3 Å². The van der Waals surface area contributed by atoms with Gasteiger partial charge in [0.1, 0.15) is 0 Å². The first-order valence-corrected chi connectivity index (χ1v) is 5.47. The molecule has 2 fully saturated rings. The van der Waals surface area contributed by atoms with Crippen LogP contribution >= 0.6 is 0 Å². The van der Waals surface area contributed by atoms with Crippen LogP contribution in [0.5, 0.6) is 0 Å². The largest absolute Gasteiger partial charge is 0.390 e. The van der Waals surface area contributed by atoms with E-state index in [2.05, 4.69) is 5.32 Å². The zero-order valence-corrected chi connectivity index (χ0v) is 9.34. The molecule has 0 aliphatic carbocycles. The van der Waals surface area contributed by atoms with E-state index in [0.717, 1.165) is 19.4 Å². The van der Waals surface area contributed by atoms with Gasteiger partial charge in [-0.15, -0.1) is 0 Å². The molecule has 0 aromatic heterocycles. The molecule has 0 radical (unpaired) electrons. The summed E-state index contributed by atoms with van der Waals surface area (Å²) in [7, 11) is 1.74. The number of hydrogen-bond acceptors (Lipinski definition) is 3. The molecule has 2 bridgehead atoms. The number of ether oxygens (including phenoxy) is 1. The third-order valence-corrected chi connectivity index (χ3v) is 3.87. The third kappa shape index (κ3) is 1.47. The number of fused-ring (bicyclic) bond motifs is 2. The fraction of sp³-hybridized carbons (Fsp3) is 1.00. The topological polar surface area (TPSA) is 41.5 Å². The summed E-state index contributed by atoms with van der Waals surface area (Å²) in [6.45, 7) is 4.55. The Morgan fingerprint density at radius 1 is 1.57 bits per heavy atom. The van der Waals surface area contributed by atoms with Crippen LogP contribution in [0.15, 0.2) is 0 Å². The van der Waals surface area contributed by atoms with Gasteiger partial charge < -0.3 is 15.2 Å². The van der Waals surface area contributed by atoms with E-state index in [4.69, 9.17) is 4.74 Å². The van der Waals surface area contributed by atoms with Gasteiger partial charge in [0.05, 0.1) is 12.2 Å². The minimum absolute atomic E-state index is 0.0394. The van der Waals surface area contributed by atoms with Crippen molar-refractivity contribution in [1.29, 1.82) is 0 Å². The fourth-order valence-corrected chi connectivity index (χ4v) is 3.38. The molecule has 3 unspecified atom stereocenters. The molecule has 2 saturated heterocycles. The maximum atomic E-state index is 10.1. The van der Waals surface area contributed by atoms with Crippen molar-refractivity contribution in [2.75, 3.05) is 13.7 Å². The van der Waals surface area contributed by atoms with Crippen molar-refractivity contribution in [3.8, 4) is 0 Å². The second kappa shape index (κ2) is 3.19. The van der Waals surface area contributed by atoms with Crippen LogP contribution in [-0.4, -0.2) is 36.0 Å². The first-order chi connectivity index (χ1) is 6.48. The van der Waals surface area contributed by atoms with Gasteiger partial charge in [-0.05, 0) is 33.1 Å². The van der Waals surface area contributed by atoms with Crippen molar-refractivity contribution in [2.24, 2.45) is 5.92 Å². The van der Waals surface area contributed by atoms with Gasteiger partial charge in [0.25, 0.3) is 0 Å². The quantitative estimate of drug-likeness (QED) is 0.710. The molecule has 0 saturated carbocycles. The Balaban J connectivity index is 2.19. The van der Waals surface area contributed by atoms with Gasteiger partial charge >= 0.3 is 0 Å². The Labute approximate surface area is 85.8 Å². The number of nitrogens with one attached hydrogen (secondary N) is 1. The van der Waals surface area contributed by atoms with Gasteiger partial charge in [-0.1, -0.05) is 0 Å². The standard InChI is InChI=1S/C11H21NO2/c1-10(2,13)9-6-8-4-5-11(9,12-8)7-14-3/h8-9,12-13H,4-7H2,1-3H3. The predicted molar refractivity (Wildman–Crippen MR) is 55.2 cm³/mol. The van der Waals surface area contributed by atoms with Gasteiger partial charge in [0.2, 0.25) is 0 Å². The van der Waals surface area contributed by atoms with E-state index in [-0.39, 0.29) is 5.54 Å². The van der Waals surface area contributed by atoms with Crippen LogP contribution in [0.1, 0.15) is 33.1 Å². The Hall–Kier alpha value is -0.120. The number of hydrogen-bond donors (Lipinski definition) is 2. The van der Waals surface area contributed by atoms with E-state index in [9.17, 15) is 5.11 Å². The summed E-state index contributed by atoms with van der Waals surface area (Å²) in [5.74, 6) is 0.327. The second-order valence-electron chi connectivity index (χ2n) is 5.41. The summed E-state index contributed by atoms with van der Waals surface area (Å²) in [6, 6.07) is 0.599. The molecule has 3 heteroatoms. The maximum absolute atomic E-state index is 10.1. The Morgan fingerprint density at radius 2 is 2.29 bits per heavy atom. The summed E-state index contributed by atoms with van der Waals surface area (Å²) in [4.78, 5) is 0. The van der Waals surface area contributed by atoms with Crippen molar-refractivity contribution >= 4 is 0 Å². The molecule has 14 heavy (non-hydrogen) atoms. The molecular formula is C11H21NO2. The summed E-state index contributed by atoms with van der Waals surface area (Å²) < 4.78 is 5.30.